The summed E-state index contributed by atoms with van der Waals surface area (Å²) in [4.78, 5) is 6.52. The normalized spacial score (nSPS) is 13.5. The van der Waals surface area contributed by atoms with Gasteiger partial charge in [0.25, 0.3) is 0 Å². The van der Waals surface area contributed by atoms with Gasteiger partial charge in [0.2, 0.25) is 0 Å². The fourth-order valence-corrected chi connectivity index (χ4v) is 2.74. The zero-order chi connectivity index (χ0) is 15.0. The summed E-state index contributed by atoms with van der Waals surface area (Å²) in [6.45, 7) is 7.81. The van der Waals surface area contributed by atoms with Gasteiger partial charge in [-0.15, -0.1) is 23.1 Å². The maximum Gasteiger partial charge on any atom is 0.0930 e. The molecule has 20 heavy (non-hydrogen) atoms. The number of hydrogen-bond donors (Lipinski definition) is 1. The Morgan fingerprint density at radius 1 is 1.45 bits per heavy atom. The van der Waals surface area contributed by atoms with E-state index in [-0.39, 0.29) is 0 Å². The monoisotopic (exact) mass is 325 g/mol. The Balaban J connectivity index is 2.57. The predicted molar refractivity (Wildman–Crippen MR) is 98.1 cm³/mol. The zero-order valence-electron chi connectivity index (χ0n) is 12.1. The summed E-state index contributed by atoms with van der Waals surface area (Å²) in [5.74, 6) is 0.798. The highest BCUT2D eigenvalue weighted by atomic mass is 32.2. The van der Waals surface area contributed by atoms with Gasteiger partial charge in [-0.3, -0.25) is 5.43 Å². The molecule has 0 aliphatic carbocycles. The van der Waals surface area contributed by atoms with Gasteiger partial charge in [0, 0.05) is 11.5 Å². The smallest absolute Gasteiger partial charge is 0.0930 e. The minimum Gasteiger partial charge on any atom is -0.272 e. The maximum atomic E-state index is 4.91. The van der Waals surface area contributed by atoms with Gasteiger partial charge in [0.05, 0.1) is 20.6 Å². The van der Waals surface area contributed by atoms with Crippen molar-refractivity contribution in [2.45, 2.75) is 27.7 Å². The van der Waals surface area contributed by atoms with Gasteiger partial charge < -0.3 is 0 Å². The molecule has 1 aromatic heterocycles. The van der Waals surface area contributed by atoms with Crippen LogP contribution >= 0.6 is 35.3 Å². The summed E-state index contributed by atoms with van der Waals surface area (Å²) < 4.78 is 0. The van der Waals surface area contributed by atoms with Gasteiger partial charge in [0.1, 0.15) is 0 Å². The average Bonchev–Trinajstić information content (AvgIpc) is 2.94. The second-order valence-corrected chi connectivity index (χ2v) is 6.81. The van der Waals surface area contributed by atoms with Crippen molar-refractivity contribution in [1.29, 1.82) is 0 Å². The van der Waals surface area contributed by atoms with E-state index >= 15 is 0 Å². The fourth-order valence-electron chi connectivity index (χ4n) is 1.30. The van der Waals surface area contributed by atoms with Crippen LogP contribution in [-0.4, -0.2) is 21.5 Å². The van der Waals surface area contributed by atoms with Crippen molar-refractivity contribution in [1.82, 2.24) is 5.43 Å². The molecule has 0 aliphatic rings. The molecule has 0 saturated heterocycles. The van der Waals surface area contributed by atoms with Crippen molar-refractivity contribution in [2.24, 2.45) is 10.1 Å². The highest BCUT2D eigenvalue weighted by Crippen LogP contribution is 2.22. The second-order valence-electron chi connectivity index (χ2n) is 4.09. The van der Waals surface area contributed by atoms with E-state index in [9.17, 15) is 0 Å². The molecule has 0 saturated carbocycles. The van der Waals surface area contributed by atoms with E-state index in [0.29, 0.717) is 4.99 Å². The van der Waals surface area contributed by atoms with E-state index in [0.717, 1.165) is 22.2 Å². The maximum absolute atomic E-state index is 4.91. The topological polar surface area (TPSA) is 36.8 Å². The molecule has 0 aliphatic heterocycles. The minimum atomic E-state index is 0.675. The number of nitrogens with one attached hydrogen (secondary N) is 1. The van der Waals surface area contributed by atoms with Gasteiger partial charge in [-0.25, -0.2) is 4.99 Å². The lowest BCUT2D eigenvalue weighted by molar-refractivity contribution is 1.03. The number of nitrogens with zero attached hydrogens (tertiary/aromatic N) is 2. The van der Waals surface area contributed by atoms with Crippen molar-refractivity contribution in [3.8, 4) is 0 Å². The Labute approximate surface area is 134 Å². The SMILES string of the molecule is C/C=C(\N=C(C)SC/C(C)=N/NC(C)=S)c1cccs1. The summed E-state index contributed by atoms with van der Waals surface area (Å²) in [6, 6.07) is 4.12. The van der Waals surface area contributed by atoms with Crippen molar-refractivity contribution in [3.63, 3.8) is 0 Å². The molecule has 1 heterocycles. The number of hydrazone groups is 1. The van der Waals surface area contributed by atoms with Crippen LogP contribution in [0.3, 0.4) is 0 Å². The Morgan fingerprint density at radius 3 is 2.75 bits per heavy atom. The molecule has 1 N–H and O–H groups in total. The van der Waals surface area contributed by atoms with Crippen molar-refractivity contribution < 1.29 is 0 Å². The molecule has 108 valence electrons. The number of rotatable bonds is 5. The van der Waals surface area contributed by atoms with Gasteiger partial charge >= 0.3 is 0 Å². The lowest BCUT2D eigenvalue weighted by atomic mass is 10.3. The third-order valence-electron chi connectivity index (χ3n) is 2.22. The molecule has 0 fully saturated rings. The predicted octanol–water partition coefficient (Wildman–Crippen LogP) is 4.57. The molecule has 0 aromatic carbocycles. The summed E-state index contributed by atoms with van der Waals surface area (Å²) in [7, 11) is 0. The molecule has 3 nitrogen and oxygen atoms in total. The van der Waals surface area contributed by atoms with Gasteiger partial charge in [-0.1, -0.05) is 24.4 Å². The lowest BCUT2D eigenvalue weighted by Gasteiger charge is -2.03. The molecule has 1 rings (SSSR count). The lowest BCUT2D eigenvalue weighted by Crippen LogP contribution is -2.14. The second kappa shape index (κ2) is 9.05. The van der Waals surface area contributed by atoms with Crippen molar-refractivity contribution >= 4 is 56.8 Å². The number of hydrogen-bond acceptors (Lipinski definition) is 5. The van der Waals surface area contributed by atoms with E-state index in [4.69, 9.17) is 12.2 Å². The molecular weight excluding hydrogens is 306 g/mol. The summed E-state index contributed by atoms with van der Waals surface area (Å²) in [6.07, 6.45) is 2.04. The number of thiophene rings is 1. The number of aliphatic imine (C=N–C) groups is 1. The van der Waals surface area contributed by atoms with Crippen molar-refractivity contribution in [3.05, 3.63) is 28.5 Å². The van der Waals surface area contributed by atoms with Gasteiger partial charge in [-0.05, 0) is 39.1 Å². The van der Waals surface area contributed by atoms with Gasteiger partial charge in [-0.2, -0.15) is 5.10 Å². The molecule has 0 spiro atoms. The molecule has 0 radical (unpaired) electrons. The highest BCUT2D eigenvalue weighted by molar-refractivity contribution is 8.14. The van der Waals surface area contributed by atoms with Crippen LogP contribution in [0.1, 0.15) is 32.6 Å². The largest absolute Gasteiger partial charge is 0.272 e. The van der Waals surface area contributed by atoms with E-state index < -0.39 is 0 Å². The first kappa shape index (κ1) is 17.1. The summed E-state index contributed by atoms with van der Waals surface area (Å²) >= 11 is 8.29. The Hall–Kier alpha value is -0.980. The molecule has 6 heteroatoms. The van der Waals surface area contributed by atoms with Crippen LogP contribution in [0.25, 0.3) is 5.70 Å². The first-order valence-corrected chi connectivity index (χ1v) is 8.48. The van der Waals surface area contributed by atoms with E-state index in [1.165, 1.54) is 4.88 Å². The summed E-state index contributed by atoms with van der Waals surface area (Å²) in [5, 5.41) is 7.27. The third kappa shape index (κ3) is 6.45. The minimum absolute atomic E-state index is 0.675. The number of thioether (sulfide) groups is 1. The number of allylic oxidation sites excluding steroid dienone is 1. The molecule has 0 bridgehead atoms. The van der Waals surface area contributed by atoms with Crippen molar-refractivity contribution in [2.75, 3.05) is 5.75 Å². The van der Waals surface area contributed by atoms with Crippen LogP contribution in [0.5, 0.6) is 0 Å². The van der Waals surface area contributed by atoms with Crippen LogP contribution in [0.2, 0.25) is 0 Å². The molecule has 0 unspecified atom stereocenters. The molecule has 1 aromatic rings. The molecular formula is C14H19N3S3. The van der Waals surface area contributed by atoms with Crippen LogP contribution in [0, 0.1) is 0 Å². The first-order valence-electron chi connectivity index (χ1n) is 6.21. The van der Waals surface area contributed by atoms with Crippen LogP contribution in [0.15, 0.2) is 33.7 Å². The Morgan fingerprint density at radius 2 is 2.20 bits per heavy atom. The first-order chi connectivity index (χ1) is 9.52. The average molecular weight is 326 g/mol. The van der Waals surface area contributed by atoms with E-state index in [1.807, 2.05) is 39.8 Å². The Kier molecular flexibility index (Phi) is 7.72. The van der Waals surface area contributed by atoms with E-state index in [2.05, 4.69) is 27.0 Å². The third-order valence-corrected chi connectivity index (χ3v) is 4.27. The zero-order valence-corrected chi connectivity index (χ0v) is 14.6. The molecule has 0 amide bonds. The molecule has 0 atom stereocenters. The van der Waals surface area contributed by atoms with Gasteiger partial charge in [0.15, 0.2) is 0 Å². The highest BCUT2D eigenvalue weighted by Gasteiger charge is 2.02. The fraction of sp³-hybridized carbons (Fsp3) is 0.357. The standard InChI is InChI=1S/C14H19N3S3/c1-5-13(14-7-6-8-19-14)15-12(4)20-9-10(2)16-17-11(3)18/h5-8H,9H2,1-4H3,(H,17,18)/b13-5-,15-12?,16-10+. The quantitative estimate of drug-likeness (QED) is 0.373. The van der Waals surface area contributed by atoms with Crippen LogP contribution < -0.4 is 5.43 Å². The van der Waals surface area contributed by atoms with E-state index in [1.54, 1.807) is 23.1 Å². The van der Waals surface area contributed by atoms with Crippen LogP contribution in [-0.2, 0) is 0 Å². The van der Waals surface area contributed by atoms with Crippen LogP contribution in [0.4, 0.5) is 0 Å². The summed E-state index contributed by atoms with van der Waals surface area (Å²) in [5.41, 5.74) is 4.81. The number of thiocarbonyl (C=S) groups is 1. The Bertz CT molecular complexity index is 528.